The number of β-lactam (4-membered cyclic amide) rings is 1. The molecule has 2 aliphatic heterocycles. The monoisotopic (exact) mass is 353 g/mol. The first kappa shape index (κ1) is 17.3. The zero-order valence-electron chi connectivity index (χ0n) is 15.9. The third kappa shape index (κ3) is 2.84. The van der Waals surface area contributed by atoms with E-state index in [4.69, 9.17) is 4.52 Å². The molecule has 26 heavy (non-hydrogen) atoms. The maximum absolute atomic E-state index is 13.0. The van der Waals surface area contributed by atoms with Crippen LogP contribution in [0.4, 0.5) is 0 Å². The number of amides is 1. The summed E-state index contributed by atoms with van der Waals surface area (Å²) in [6.07, 6.45) is 2.09. The quantitative estimate of drug-likeness (QED) is 0.790. The zero-order valence-corrected chi connectivity index (χ0v) is 15.9. The van der Waals surface area contributed by atoms with Crippen LogP contribution in [0.1, 0.15) is 48.4 Å². The molecule has 0 N–H and O–H groups in total. The lowest BCUT2D eigenvalue weighted by atomic mass is 9.71. The summed E-state index contributed by atoms with van der Waals surface area (Å²) in [5, 5.41) is 4.00. The molecule has 5 heteroatoms. The van der Waals surface area contributed by atoms with Crippen LogP contribution < -0.4 is 0 Å². The number of aromatic nitrogens is 1. The molecule has 2 fully saturated rings. The normalized spacial score (nSPS) is 24.7. The van der Waals surface area contributed by atoms with Crippen LogP contribution in [0.2, 0.25) is 0 Å². The topological polar surface area (TPSA) is 49.6 Å². The second-order valence-corrected chi connectivity index (χ2v) is 7.90. The first-order valence-corrected chi connectivity index (χ1v) is 9.50. The summed E-state index contributed by atoms with van der Waals surface area (Å²) in [5.41, 5.74) is 3.07. The van der Waals surface area contributed by atoms with E-state index in [-0.39, 0.29) is 5.41 Å². The molecule has 3 heterocycles. The van der Waals surface area contributed by atoms with Gasteiger partial charge in [-0.15, -0.1) is 0 Å². The largest absolute Gasteiger partial charge is 0.361 e. The Hall–Kier alpha value is -2.14. The van der Waals surface area contributed by atoms with Crippen molar-refractivity contribution in [3.63, 3.8) is 0 Å². The number of nitrogens with zero attached hydrogens (tertiary/aromatic N) is 3. The van der Waals surface area contributed by atoms with Gasteiger partial charge in [-0.2, -0.15) is 0 Å². The van der Waals surface area contributed by atoms with Crippen molar-refractivity contribution in [1.82, 2.24) is 15.0 Å². The molecule has 0 unspecified atom stereocenters. The fourth-order valence-electron chi connectivity index (χ4n) is 4.54. The van der Waals surface area contributed by atoms with E-state index < -0.39 is 0 Å². The molecule has 2 aliphatic rings. The van der Waals surface area contributed by atoms with Crippen LogP contribution in [0.15, 0.2) is 34.9 Å². The highest BCUT2D eigenvalue weighted by Gasteiger charge is 2.54. The summed E-state index contributed by atoms with van der Waals surface area (Å²) in [5.74, 6) is 1.11. The number of carbonyl (C=O) groups is 1. The molecule has 138 valence electrons. The zero-order chi connectivity index (χ0) is 18.3. The molecule has 0 radical (unpaired) electrons. The summed E-state index contributed by atoms with van der Waals surface area (Å²) in [6, 6.07) is 10.9. The number of carbonyl (C=O) groups excluding carboxylic acids is 1. The minimum Gasteiger partial charge on any atom is -0.361 e. The molecule has 2 saturated heterocycles. The Morgan fingerprint density at radius 1 is 1.23 bits per heavy atom. The van der Waals surface area contributed by atoms with Crippen molar-refractivity contribution < 1.29 is 9.32 Å². The Morgan fingerprint density at radius 2 is 2.00 bits per heavy atom. The molecule has 0 saturated carbocycles. The van der Waals surface area contributed by atoms with E-state index in [1.807, 2.05) is 18.7 Å². The molecule has 4 rings (SSSR count). The highest BCUT2D eigenvalue weighted by Crippen LogP contribution is 2.43. The van der Waals surface area contributed by atoms with E-state index in [9.17, 15) is 4.79 Å². The van der Waals surface area contributed by atoms with E-state index in [0.29, 0.717) is 18.5 Å². The lowest BCUT2D eigenvalue weighted by Crippen LogP contribution is -2.66. The van der Waals surface area contributed by atoms with Crippen LogP contribution in [0.3, 0.4) is 0 Å². The van der Waals surface area contributed by atoms with Crippen LogP contribution in [0.5, 0.6) is 0 Å². The standard InChI is InChI=1S/C21H27N3O2/c1-15-19(17(3)26-22-15)12-24-14-21(20(24)25)10-7-11-23(13-21)16(2)18-8-5-4-6-9-18/h4-6,8-9,16H,7,10-14H2,1-3H3/t16-,21-/m0/s1. The number of hydrogen-bond acceptors (Lipinski definition) is 4. The maximum atomic E-state index is 13.0. The Morgan fingerprint density at radius 3 is 2.65 bits per heavy atom. The minimum absolute atomic E-state index is 0.194. The lowest BCUT2D eigenvalue weighted by Gasteiger charge is -2.54. The Kier molecular flexibility index (Phi) is 4.35. The van der Waals surface area contributed by atoms with Crippen molar-refractivity contribution >= 4 is 5.91 Å². The van der Waals surface area contributed by atoms with Gasteiger partial charge >= 0.3 is 0 Å². The molecule has 0 aliphatic carbocycles. The van der Waals surface area contributed by atoms with Crippen molar-refractivity contribution in [2.24, 2.45) is 5.41 Å². The number of piperidine rings is 1. The van der Waals surface area contributed by atoms with Crippen molar-refractivity contribution in [2.75, 3.05) is 19.6 Å². The average molecular weight is 353 g/mol. The van der Waals surface area contributed by atoms with Crippen molar-refractivity contribution in [3.05, 3.63) is 52.9 Å². The number of benzene rings is 1. The van der Waals surface area contributed by atoms with E-state index in [2.05, 4.69) is 47.3 Å². The molecule has 0 bridgehead atoms. The third-order valence-corrected chi connectivity index (χ3v) is 6.20. The number of hydrogen-bond donors (Lipinski definition) is 0. The van der Waals surface area contributed by atoms with Crippen LogP contribution in [-0.4, -0.2) is 40.5 Å². The van der Waals surface area contributed by atoms with Crippen molar-refractivity contribution in [1.29, 1.82) is 0 Å². The van der Waals surface area contributed by atoms with Gasteiger partial charge < -0.3 is 9.42 Å². The summed E-state index contributed by atoms with van der Waals surface area (Å²) in [4.78, 5) is 17.5. The first-order chi connectivity index (χ1) is 12.5. The Bertz CT molecular complexity index is 781. The first-order valence-electron chi connectivity index (χ1n) is 9.50. The van der Waals surface area contributed by atoms with E-state index in [0.717, 1.165) is 49.5 Å². The van der Waals surface area contributed by atoms with Gasteiger partial charge in [0.25, 0.3) is 0 Å². The lowest BCUT2D eigenvalue weighted by molar-refractivity contribution is -0.168. The molecule has 1 aromatic heterocycles. The van der Waals surface area contributed by atoms with Gasteiger partial charge in [0.2, 0.25) is 5.91 Å². The Labute approximate surface area is 155 Å². The number of rotatable bonds is 4. The Balaban J connectivity index is 1.44. The van der Waals surface area contributed by atoms with Crippen molar-refractivity contribution in [2.45, 2.75) is 46.2 Å². The van der Waals surface area contributed by atoms with Gasteiger partial charge in [0, 0.05) is 24.7 Å². The smallest absolute Gasteiger partial charge is 0.232 e. The van der Waals surface area contributed by atoms with Gasteiger partial charge in [-0.25, -0.2) is 0 Å². The number of aryl methyl sites for hydroxylation is 2. The van der Waals surface area contributed by atoms with Gasteiger partial charge in [-0.3, -0.25) is 9.69 Å². The highest BCUT2D eigenvalue weighted by molar-refractivity contribution is 5.89. The minimum atomic E-state index is -0.194. The fourth-order valence-corrected chi connectivity index (χ4v) is 4.54. The van der Waals surface area contributed by atoms with E-state index >= 15 is 0 Å². The predicted octanol–water partition coefficient (Wildman–Crippen LogP) is 3.48. The molecular weight excluding hydrogens is 326 g/mol. The molecule has 1 aromatic carbocycles. The van der Waals surface area contributed by atoms with Gasteiger partial charge in [0.15, 0.2) is 0 Å². The van der Waals surface area contributed by atoms with Gasteiger partial charge in [0.1, 0.15) is 5.76 Å². The van der Waals surface area contributed by atoms with Crippen LogP contribution >= 0.6 is 0 Å². The number of likely N-dealkylation sites (tertiary alicyclic amines) is 2. The molecule has 5 nitrogen and oxygen atoms in total. The second kappa shape index (κ2) is 6.54. The summed E-state index contributed by atoms with van der Waals surface area (Å²) >= 11 is 0. The average Bonchev–Trinajstić information content (AvgIpc) is 2.99. The molecule has 2 aromatic rings. The van der Waals surface area contributed by atoms with E-state index in [1.165, 1.54) is 5.56 Å². The molecule has 2 atom stereocenters. The van der Waals surface area contributed by atoms with Gasteiger partial charge in [-0.1, -0.05) is 35.5 Å². The predicted molar refractivity (Wildman–Crippen MR) is 99.5 cm³/mol. The third-order valence-electron chi connectivity index (χ3n) is 6.20. The van der Waals surface area contributed by atoms with Gasteiger partial charge in [0.05, 0.1) is 17.7 Å². The van der Waals surface area contributed by atoms with Gasteiger partial charge in [-0.05, 0) is 45.7 Å². The van der Waals surface area contributed by atoms with Crippen molar-refractivity contribution in [3.8, 4) is 0 Å². The van der Waals surface area contributed by atoms with Crippen LogP contribution in [0.25, 0.3) is 0 Å². The molecule has 1 amide bonds. The van der Waals surface area contributed by atoms with E-state index in [1.54, 1.807) is 0 Å². The summed E-state index contributed by atoms with van der Waals surface area (Å²) < 4.78 is 5.24. The van der Waals surface area contributed by atoms with Crippen LogP contribution in [-0.2, 0) is 11.3 Å². The maximum Gasteiger partial charge on any atom is 0.232 e. The summed E-state index contributed by atoms with van der Waals surface area (Å²) in [7, 11) is 0. The second-order valence-electron chi connectivity index (χ2n) is 7.90. The SMILES string of the molecule is Cc1noc(C)c1CN1C[C@@]2(CCCN([C@@H](C)c3ccccc3)C2)C1=O. The summed E-state index contributed by atoms with van der Waals surface area (Å²) in [6.45, 7) is 9.49. The fraction of sp³-hybridized carbons (Fsp3) is 0.524. The molecular formula is C21H27N3O2. The molecule has 1 spiro atoms. The highest BCUT2D eigenvalue weighted by atomic mass is 16.5. The van der Waals surface area contributed by atoms with Crippen LogP contribution in [0, 0.1) is 19.3 Å².